The molecular weight excluding hydrogens is 258 g/mol. The van der Waals surface area contributed by atoms with Crippen LogP contribution in [0.4, 0.5) is 0 Å². The second-order valence-electron chi connectivity index (χ2n) is 5.57. The zero-order valence-electron chi connectivity index (χ0n) is 14.3. The van der Waals surface area contributed by atoms with Gasteiger partial charge < -0.3 is 0 Å². The van der Waals surface area contributed by atoms with Crippen LogP contribution in [0.15, 0.2) is 30.7 Å². The highest BCUT2D eigenvalue weighted by atomic mass is 15.3. The number of pyridine rings is 1. The Bertz CT molecular complexity index is 527. The van der Waals surface area contributed by atoms with E-state index < -0.39 is 0 Å². The van der Waals surface area contributed by atoms with Crippen LogP contribution >= 0.6 is 0 Å². The monoisotopic (exact) mass is 287 g/mol. The van der Waals surface area contributed by atoms with Crippen LogP contribution < -0.4 is 0 Å². The lowest BCUT2D eigenvalue weighted by molar-refractivity contribution is 0.312. The molecule has 1 aliphatic rings. The van der Waals surface area contributed by atoms with Crippen LogP contribution in [0.5, 0.6) is 0 Å². The van der Waals surface area contributed by atoms with E-state index in [1.54, 1.807) is 0 Å². The molecule has 0 aromatic carbocycles. The van der Waals surface area contributed by atoms with Crippen molar-refractivity contribution < 1.29 is 0 Å². The standard InChI is InChI=1S/C14H17N3.2C2H6/c1-14(2)6-3-13-11(9-14)10-16-17(13)12-4-7-15-8-5-12;2*1-2/h4-5,7-8,10H,3,6,9H2,1-2H3;2*1-2H3. The molecular formula is C18H29N3. The largest absolute Gasteiger partial charge is 0.265 e. The van der Waals surface area contributed by atoms with E-state index >= 15 is 0 Å². The summed E-state index contributed by atoms with van der Waals surface area (Å²) in [5.74, 6) is 0. The highest BCUT2D eigenvalue weighted by Crippen LogP contribution is 2.35. The third-order valence-corrected chi connectivity index (χ3v) is 3.57. The molecule has 0 fully saturated rings. The first-order valence-corrected chi connectivity index (χ1v) is 8.12. The number of fused-ring (bicyclic) bond motifs is 1. The maximum Gasteiger partial charge on any atom is 0.0679 e. The minimum Gasteiger partial charge on any atom is -0.265 e. The summed E-state index contributed by atoms with van der Waals surface area (Å²) in [6.07, 6.45) is 9.14. The van der Waals surface area contributed by atoms with E-state index in [0.717, 1.165) is 18.5 Å². The summed E-state index contributed by atoms with van der Waals surface area (Å²) in [4.78, 5) is 4.05. The fourth-order valence-corrected chi connectivity index (χ4v) is 2.59. The predicted octanol–water partition coefficient (Wildman–Crippen LogP) is 4.83. The maximum atomic E-state index is 4.52. The highest BCUT2D eigenvalue weighted by Gasteiger charge is 2.28. The Kier molecular flexibility index (Phi) is 6.60. The molecule has 3 nitrogen and oxygen atoms in total. The molecule has 0 atom stereocenters. The third kappa shape index (κ3) is 4.16. The van der Waals surface area contributed by atoms with Crippen LogP contribution in [0.1, 0.15) is 59.2 Å². The van der Waals surface area contributed by atoms with Crippen molar-refractivity contribution in [2.45, 2.75) is 60.8 Å². The lowest BCUT2D eigenvalue weighted by Crippen LogP contribution is -2.22. The van der Waals surface area contributed by atoms with Crippen molar-refractivity contribution in [2.75, 3.05) is 0 Å². The van der Waals surface area contributed by atoms with E-state index in [2.05, 4.69) is 28.6 Å². The molecule has 0 saturated heterocycles. The second kappa shape index (κ2) is 7.96. The molecule has 0 aliphatic heterocycles. The number of hydrogen-bond donors (Lipinski definition) is 0. The molecule has 3 heteroatoms. The second-order valence-corrected chi connectivity index (χ2v) is 5.57. The van der Waals surface area contributed by atoms with Crippen molar-refractivity contribution >= 4 is 0 Å². The lowest BCUT2D eigenvalue weighted by Gasteiger charge is -2.29. The molecule has 2 aromatic heterocycles. The van der Waals surface area contributed by atoms with Gasteiger partial charge in [-0.25, -0.2) is 4.68 Å². The molecule has 0 radical (unpaired) electrons. The fraction of sp³-hybridized carbons (Fsp3) is 0.556. The van der Waals surface area contributed by atoms with Crippen molar-refractivity contribution in [3.63, 3.8) is 0 Å². The van der Waals surface area contributed by atoms with E-state index in [1.165, 1.54) is 17.7 Å². The normalized spacial score (nSPS) is 15.0. The first-order chi connectivity index (χ1) is 10.2. The van der Waals surface area contributed by atoms with Gasteiger partial charge in [0.25, 0.3) is 0 Å². The van der Waals surface area contributed by atoms with E-state index in [-0.39, 0.29) is 0 Å². The molecule has 0 unspecified atom stereocenters. The molecule has 2 aromatic rings. The van der Waals surface area contributed by atoms with Gasteiger partial charge in [0.1, 0.15) is 0 Å². The van der Waals surface area contributed by atoms with E-state index in [0.29, 0.717) is 5.41 Å². The van der Waals surface area contributed by atoms with Crippen molar-refractivity contribution in [1.82, 2.24) is 14.8 Å². The van der Waals surface area contributed by atoms with Crippen molar-refractivity contribution in [3.05, 3.63) is 42.0 Å². The molecule has 0 N–H and O–H groups in total. The Morgan fingerprint density at radius 3 is 2.29 bits per heavy atom. The summed E-state index contributed by atoms with van der Waals surface area (Å²) >= 11 is 0. The molecule has 0 bridgehead atoms. The topological polar surface area (TPSA) is 30.7 Å². The molecule has 21 heavy (non-hydrogen) atoms. The average Bonchev–Trinajstić information content (AvgIpc) is 2.93. The average molecular weight is 287 g/mol. The summed E-state index contributed by atoms with van der Waals surface area (Å²) in [6.45, 7) is 12.7. The molecule has 2 heterocycles. The van der Waals surface area contributed by atoms with Gasteiger partial charge in [-0.2, -0.15) is 5.10 Å². The summed E-state index contributed by atoms with van der Waals surface area (Å²) in [6, 6.07) is 4.01. The van der Waals surface area contributed by atoms with Crippen LogP contribution in [0.25, 0.3) is 5.69 Å². The summed E-state index contributed by atoms with van der Waals surface area (Å²) < 4.78 is 2.06. The summed E-state index contributed by atoms with van der Waals surface area (Å²) in [5.41, 5.74) is 4.30. The summed E-state index contributed by atoms with van der Waals surface area (Å²) in [7, 11) is 0. The first kappa shape index (κ1) is 17.4. The SMILES string of the molecule is CC.CC.CC1(C)CCc2c(cnn2-c2ccncc2)C1. The molecule has 116 valence electrons. The van der Waals surface area contributed by atoms with Gasteiger partial charge in [-0.1, -0.05) is 41.5 Å². The van der Waals surface area contributed by atoms with Gasteiger partial charge in [-0.15, -0.1) is 0 Å². The van der Waals surface area contributed by atoms with E-state index in [9.17, 15) is 0 Å². The van der Waals surface area contributed by atoms with Gasteiger partial charge in [0.2, 0.25) is 0 Å². The Balaban J connectivity index is 0.000000510. The van der Waals surface area contributed by atoms with E-state index in [4.69, 9.17) is 0 Å². The minimum absolute atomic E-state index is 0.416. The van der Waals surface area contributed by atoms with Gasteiger partial charge >= 0.3 is 0 Å². The Hall–Kier alpha value is -1.64. The number of hydrogen-bond acceptors (Lipinski definition) is 2. The van der Waals surface area contributed by atoms with Crippen LogP contribution in [-0.4, -0.2) is 14.8 Å². The number of rotatable bonds is 1. The van der Waals surface area contributed by atoms with Crippen LogP contribution in [-0.2, 0) is 12.8 Å². The van der Waals surface area contributed by atoms with Crippen LogP contribution in [0, 0.1) is 5.41 Å². The van der Waals surface area contributed by atoms with Gasteiger partial charge in [-0.05, 0) is 42.4 Å². The Morgan fingerprint density at radius 2 is 1.67 bits per heavy atom. The molecule has 0 saturated carbocycles. The lowest BCUT2D eigenvalue weighted by atomic mass is 9.77. The zero-order chi connectivity index (χ0) is 15.9. The molecule has 3 rings (SSSR count). The predicted molar refractivity (Wildman–Crippen MR) is 89.9 cm³/mol. The minimum atomic E-state index is 0.416. The van der Waals surface area contributed by atoms with Gasteiger partial charge in [-0.3, -0.25) is 4.98 Å². The van der Waals surface area contributed by atoms with Crippen molar-refractivity contribution in [2.24, 2.45) is 5.41 Å². The fourth-order valence-electron chi connectivity index (χ4n) is 2.59. The molecule has 0 spiro atoms. The number of aromatic nitrogens is 3. The third-order valence-electron chi connectivity index (χ3n) is 3.57. The van der Waals surface area contributed by atoms with Gasteiger partial charge in [0.05, 0.1) is 11.9 Å². The van der Waals surface area contributed by atoms with Crippen molar-refractivity contribution in [1.29, 1.82) is 0 Å². The van der Waals surface area contributed by atoms with Crippen LogP contribution in [0.3, 0.4) is 0 Å². The Morgan fingerprint density at radius 1 is 1.05 bits per heavy atom. The smallest absolute Gasteiger partial charge is 0.0679 e. The maximum absolute atomic E-state index is 4.52. The van der Waals surface area contributed by atoms with Crippen molar-refractivity contribution in [3.8, 4) is 5.69 Å². The zero-order valence-corrected chi connectivity index (χ0v) is 14.3. The molecule has 1 aliphatic carbocycles. The summed E-state index contributed by atoms with van der Waals surface area (Å²) in [5, 5.41) is 4.52. The van der Waals surface area contributed by atoms with Gasteiger partial charge in [0, 0.05) is 18.1 Å². The van der Waals surface area contributed by atoms with Crippen LogP contribution in [0.2, 0.25) is 0 Å². The van der Waals surface area contributed by atoms with Gasteiger partial charge in [0.15, 0.2) is 0 Å². The van der Waals surface area contributed by atoms with E-state index in [1.807, 2.05) is 58.4 Å². The quantitative estimate of drug-likeness (QED) is 0.751. The highest BCUT2D eigenvalue weighted by molar-refractivity contribution is 5.35. The number of nitrogens with zero attached hydrogens (tertiary/aromatic N) is 3. The molecule has 0 amide bonds. The first-order valence-electron chi connectivity index (χ1n) is 8.12. The Labute approximate surface area is 129 Å².